The fraction of sp³-hybridized carbons (Fsp3) is 0.318. The Bertz CT molecular complexity index is 1030. The van der Waals surface area contributed by atoms with Crippen LogP contribution in [0.15, 0.2) is 48.5 Å². The normalized spacial score (nSPS) is 19.1. The number of nitrogens with zero attached hydrogens (tertiary/aromatic N) is 3. The SMILES string of the molecule is O=C1CC(N(C(=O)c2ccc([N+](=O)[O-])cc2)C2CCCC2)C(=O)N1c1ccc(F)cc1. The first-order valence-electron chi connectivity index (χ1n) is 10.1. The molecule has 0 spiro atoms. The van der Waals surface area contributed by atoms with Crippen molar-refractivity contribution >= 4 is 29.1 Å². The predicted molar refractivity (Wildman–Crippen MR) is 109 cm³/mol. The quantitative estimate of drug-likeness (QED) is 0.415. The topological polar surface area (TPSA) is 101 Å². The second-order valence-electron chi connectivity index (χ2n) is 7.72. The Hall–Kier alpha value is -3.62. The third-order valence-corrected chi connectivity index (χ3v) is 5.82. The minimum atomic E-state index is -0.969. The average molecular weight is 425 g/mol. The summed E-state index contributed by atoms with van der Waals surface area (Å²) in [4.78, 5) is 52.1. The second kappa shape index (κ2) is 8.25. The maximum absolute atomic E-state index is 13.4. The Kier molecular flexibility index (Phi) is 5.50. The van der Waals surface area contributed by atoms with E-state index < -0.39 is 34.5 Å². The molecule has 1 atom stereocenters. The minimum Gasteiger partial charge on any atom is -0.323 e. The molecule has 0 radical (unpaired) electrons. The van der Waals surface area contributed by atoms with Crippen molar-refractivity contribution in [1.29, 1.82) is 0 Å². The van der Waals surface area contributed by atoms with Crippen molar-refractivity contribution in [3.8, 4) is 0 Å². The highest BCUT2D eigenvalue weighted by Crippen LogP contribution is 2.33. The van der Waals surface area contributed by atoms with Gasteiger partial charge in [-0.3, -0.25) is 24.5 Å². The third kappa shape index (κ3) is 3.90. The van der Waals surface area contributed by atoms with Crippen LogP contribution in [0.1, 0.15) is 42.5 Å². The lowest BCUT2D eigenvalue weighted by atomic mass is 10.1. The van der Waals surface area contributed by atoms with E-state index in [1.165, 1.54) is 53.4 Å². The number of carbonyl (C=O) groups excluding carboxylic acids is 3. The number of benzene rings is 2. The number of nitro benzene ring substituents is 1. The van der Waals surface area contributed by atoms with Crippen LogP contribution in [0.25, 0.3) is 0 Å². The number of nitro groups is 1. The monoisotopic (exact) mass is 425 g/mol. The van der Waals surface area contributed by atoms with Crippen LogP contribution in [-0.4, -0.2) is 39.6 Å². The van der Waals surface area contributed by atoms with Gasteiger partial charge in [-0.15, -0.1) is 0 Å². The fourth-order valence-electron chi connectivity index (χ4n) is 4.31. The van der Waals surface area contributed by atoms with Crippen molar-refractivity contribution in [3.63, 3.8) is 0 Å². The van der Waals surface area contributed by atoms with E-state index >= 15 is 0 Å². The molecule has 2 aromatic rings. The molecule has 0 N–H and O–H groups in total. The maximum atomic E-state index is 13.4. The molecule has 1 unspecified atom stereocenters. The zero-order valence-corrected chi connectivity index (χ0v) is 16.6. The highest BCUT2D eigenvalue weighted by atomic mass is 19.1. The molecule has 1 heterocycles. The Morgan fingerprint density at radius 2 is 1.65 bits per heavy atom. The highest BCUT2D eigenvalue weighted by Gasteiger charge is 2.47. The lowest BCUT2D eigenvalue weighted by molar-refractivity contribution is -0.384. The van der Waals surface area contributed by atoms with Gasteiger partial charge in [0, 0.05) is 23.7 Å². The van der Waals surface area contributed by atoms with Gasteiger partial charge in [-0.25, -0.2) is 9.29 Å². The van der Waals surface area contributed by atoms with Crippen molar-refractivity contribution in [3.05, 3.63) is 70.0 Å². The van der Waals surface area contributed by atoms with Gasteiger partial charge in [-0.1, -0.05) is 12.8 Å². The zero-order chi connectivity index (χ0) is 22.1. The van der Waals surface area contributed by atoms with Gasteiger partial charge in [0.1, 0.15) is 11.9 Å². The maximum Gasteiger partial charge on any atom is 0.269 e. The van der Waals surface area contributed by atoms with Gasteiger partial charge in [0.2, 0.25) is 5.91 Å². The van der Waals surface area contributed by atoms with Gasteiger partial charge in [0.25, 0.3) is 17.5 Å². The van der Waals surface area contributed by atoms with Gasteiger partial charge in [-0.05, 0) is 49.2 Å². The summed E-state index contributed by atoms with van der Waals surface area (Å²) in [7, 11) is 0. The minimum absolute atomic E-state index is 0.140. The summed E-state index contributed by atoms with van der Waals surface area (Å²) >= 11 is 0. The number of halogens is 1. The molecule has 1 aliphatic heterocycles. The Morgan fingerprint density at radius 3 is 2.23 bits per heavy atom. The molecule has 0 bridgehead atoms. The molecule has 1 aliphatic carbocycles. The molecule has 2 fully saturated rings. The molecule has 0 aromatic heterocycles. The number of amides is 3. The number of hydrogen-bond acceptors (Lipinski definition) is 5. The first-order chi connectivity index (χ1) is 14.9. The molecular weight excluding hydrogens is 405 g/mol. The standard InChI is InChI=1S/C22H20FN3O5/c23-15-7-11-17(12-8-15)25-20(27)13-19(22(25)29)24(16-3-1-2-4-16)21(28)14-5-9-18(10-6-14)26(30)31/h5-12,16,19H,1-4,13H2. The molecular formula is C22H20FN3O5. The first kappa shape index (κ1) is 20.6. The van der Waals surface area contributed by atoms with E-state index in [-0.39, 0.29) is 29.4 Å². The van der Waals surface area contributed by atoms with Crippen LogP contribution < -0.4 is 4.90 Å². The summed E-state index contributed by atoms with van der Waals surface area (Å²) in [5.41, 5.74) is 0.338. The van der Waals surface area contributed by atoms with Gasteiger partial charge in [0.05, 0.1) is 17.0 Å². The number of non-ortho nitro benzene ring substituents is 1. The van der Waals surface area contributed by atoms with Crippen molar-refractivity contribution in [2.45, 2.75) is 44.2 Å². The lowest BCUT2D eigenvalue weighted by Gasteiger charge is -2.33. The van der Waals surface area contributed by atoms with Crippen LogP contribution in [-0.2, 0) is 9.59 Å². The van der Waals surface area contributed by atoms with E-state index in [0.29, 0.717) is 12.8 Å². The number of anilines is 1. The van der Waals surface area contributed by atoms with Crippen LogP contribution in [0.3, 0.4) is 0 Å². The second-order valence-corrected chi connectivity index (χ2v) is 7.72. The van der Waals surface area contributed by atoms with E-state index in [1.807, 2.05) is 0 Å². The van der Waals surface area contributed by atoms with Crippen LogP contribution in [0, 0.1) is 15.9 Å². The van der Waals surface area contributed by atoms with Gasteiger partial charge >= 0.3 is 0 Å². The van der Waals surface area contributed by atoms with Crippen molar-refractivity contribution < 1.29 is 23.7 Å². The van der Waals surface area contributed by atoms with E-state index in [0.717, 1.165) is 17.7 Å². The smallest absolute Gasteiger partial charge is 0.269 e. The van der Waals surface area contributed by atoms with Crippen LogP contribution in [0.2, 0.25) is 0 Å². The van der Waals surface area contributed by atoms with Crippen LogP contribution in [0.5, 0.6) is 0 Å². The number of imide groups is 1. The Morgan fingerprint density at radius 1 is 1.03 bits per heavy atom. The zero-order valence-electron chi connectivity index (χ0n) is 16.6. The van der Waals surface area contributed by atoms with E-state index in [2.05, 4.69) is 0 Å². The number of carbonyl (C=O) groups is 3. The summed E-state index contributed by atoms with van der Waals surface area (Å²) in [5.74, 6) is -1.91. The van der Waals surface area contributed by atoms with Gasteiger partial charge in [-0.2, -0.15) is 0 Å². The molecule has 9 heteroatoms. The summed E-state index contributed by atoms with van der Waals surface area (Å²) < 4.78 is 13.3. The van der Waals surface area contributed by atoms with E-state index in [4.69, 9.17) is 0 Å². The number of hydrogen-bond donors (Lipinski definition) is 0. The molecule has 31 heavy (non-hydrogen) atoms. The summed E-state index contributed by atoms with van der Waals surface area (Å²) in [6.45, 7) is 0. The molecule has 3 amide bonds. The summed E-state index contributed by atoms with van der Waals surface area (Å²) in [5, 5.41) is 10.9. The fourth-order valence-corrected chi connectivity index (χ4v) is 4.31. The Balaban J connectivity index is 1.65. The number of rotatable bonds is 5. The predicted octanol–water partition coefficient (Wildman–Crippen LogP) is 3.45. The van der Waals surface area contributed by atoms with E-state index in [9.17, 15) is 28.9 Å². The van der Waals surface area contributed by atoms with Crippen LogP contribution >= 0.6 is 0 Å². The van der Waals surface area contributed by atoms with E-state index in [1.54, 1.807) is 0 Å². The summed E-state index contributed by atoms with van der Waals surface area (Å²) in [6, 6.07) is 9.08. The van der Waals surface area contributed by atoms with Gasteiger partial charge in [0.15, 0.2) is 0 Å². The summed E-state index contributed by atoms with van der Waals surface area (Å²) in [6.07, 6.45) is 3.09. The average Bonchev–Trinajstić information content (AvgIpc) is 3.38. The highest BCUT2D eigenvalue weighted by molar-refractivity contribution is 6.23. The molecule has 160 valence electrons. The molecule has 2 aromatic carbocycles. The molecule has 2 aliphatic rings. The van der Waals surface area contributed by atoms with Gasteiger partial charge < -0.3 is 4.90 Å². The third-order valence-electron chi connectivity index (χ3n) is 5.82. The van der Waals surface area contributed by atoms with Crippen molar-refractivity contribution in [1.82, 2.24) is 4.90 Å². The molecule has 1 saturated carbocycles. The first-order valence-corrected chi connectivity index (χ1v) is 10.1. The van der Waals surface area contributed by atoms with Crippen molar-refractivity contribution in [2.24, 2.45) is 0 Å². The Labute approximate surface area is 177 Å². The lowest BCUT2D eigenvalue weighted by Crippen LogP contribution is -2.50. The molecule has 8 nitrogen and oxygen atoms in total. The van der Waals surface area contributed by atoms with Crippen molar-refractivity contribution in [2.75, 3.05) is 4.90 Å². The van der Waals surface area contributed by atoms with Crippen LogP contribution in [0.4, 0.5) is 15.8 Å². The molecule has 1 saturated heterocycles. The molecule has 4 rings (SSSR count). The largest absolute Gasteiger partial charge is 0.323 e.